The van der Waals surface area contributed by atoms with Gasteiger partial charge < -0.3 is 35.8 Å². The second-order valence-electron chi connectivity index (χ2n) is 21.0. The summed E-state index contributed by atoms with van der Waals surface area (Å²) in [6, 6.07) is 0.0786. The zero-order valence-corrected chi connectivity index (χ0v) is 42.6. The first-order valence-electron chi connectivity index (χ1n) is 26.3. The predicted molar refractivity (Wildman–Crippen MR) is 271 cm³/mol. The lowest BCUT2D eigenvalue weighted by atomic mass is 10.00. The van der Waals surface area contributed by atoms with Crippen LogP contribution >= 0.6 is 0 Å². The number of likely N-dealkylation sites (N-methyl/N-ethyl adjacent to an activating group) is 1. The van der Waals surface area contributed by atoms with Gasteiger partial charge in [-0.2, -0.15) is 0 Å². The monoisotopic (exact) mass is 902 g/mol. The molecule has 2 saturated heterocycles. The van der Waals surface area contributed by atoms with Gasteiger partial charge in [0.15, 0.2) is 0 Å². The number of nitrogens with one attached hydrogen (secondary N) is 1. The summed E-state index contributed by atoms with van der Waals surface area (Å²) in [5, 5.41) is 33.6. The number of nitrogens with two attached hydrogens (primary N) is 1. The van der Waals surface area contributed by atoms with E-state index in [2.05, 4.69) is 82.2 Å². The van der Waals surface area contributed by atoms with Crippen molar-refractivity contribution in [3.63, 3.8) is 0 Å². The van der Waals surface area contributed by atoms with Gasteiger partial charge in [-0.25, -0.2) is 0 Å². The van der Waals surface area contributed by atoms with Crippen molar-refractivity contribution in [2.45, 2.75) is 257 Å². The molecule has 0 amide bonds. The minimum absolute atomic E-state index is 0.0324. The first-order valence-corrected chi connectivity index (χ1v) is 26.3. The van der Waals surface area contributed by atoms with Gasteiger partial charge in [-0.05, 0) is 203 Å². The Hall–Kier alpha value is -1.75. The summed E-state index contributed by atoms with van der Waals surface area (Å²) >= 11 is 0. The summed E-state index contributed by atoms with van der Waals surface area (Å²) < 4.78 is 10.8. The van der Waals surface area contributed by atoms with Gasteiger partial charge in [0, 0.05) is 17.0 Å². The Bertz CT molecular complexity index is 1130. The van der Waals surface area contributed by atoms with Crippen molar-refractivity contribution in [3.8, 4) is 0 Å². The molecule has 5 aliphatic carbocycles. The SMILES string of the molecule is C=CCCC(C)CCC=C.CC1CCC=CCC1.CC1CC[C@@H]2O[C@@H]2CC1.CC1CC[C@@H]2O[C@@H]2CC1.CN[C@H](C)CO.C[C@@H]1CC[C@H](N)[C@@H](O)CC1.C[C@@H]1CC[C@H](N=[N+]=[N-])[C@@H](O)CC1. The molecule has 0 spiro atoms. The molecule has 0 bridgehead atoms. The third-order valence-corrected chi connectivity index (χ3v) is 14.5. The van der Waals surface area contributed by atoms with E-state index in [1.54, 1.807) is 0 Å². The fourth-order valence-electron chi connectivity index (χ4n) is 8.76. The van der Waals surface area contributed by atoms with Crippen LogP contribution < -0.4 is 11.1 Å². The largest absolute Gasteiger partial charge is 0.395 e. The summed E-state index contributed by atoms with van der Waals surface area (Å²) in [5.41, 5.74) is 13.9. The van der Waals surface area contributed by atoms with Crippen molar-refractivity contribution in [3.05, 3.63) is 47.9 Å². The van der Waals surface area contributed by atoms with Gasteiger partial charge in [-0.3, -0.25) is 0 Å². The number of azide groups is 1. The van der Waals surface area contributed by atoms with Crippen molar-refractivity contribution in [2.24, 2.45) is 46.4 Å². The Morgan fingerprint density at radius 1 is 0.641 bits per heavy atom. The summed E-state index contributed by atoms with van der Waals surface area (Å²) in [6.45, 7) is 23.2. The van der Waals surface area contributed by atoms with Gasteiger partial charge in [0.05, 0.1) is 49.3 Å². The maximum atomic E-state index is 9.53. The van der Waals surface area contributed by atoms with Crippen LogP contribution in [0, 0.1) is 35.5 Å². The Kier molecular flexibility index (Phi) is 35.1. The zero-order valence-electron chi connectivity index (χ0n) is 42.6. The van der Waals surface area contributed by atoms with Crippen molar-refractivity contribution in [2.75, 3.05) is 13.7 Å². The zero-order chi connectivity index (χ0) is 47.7. The predicted octanol–water partition coefficient (Wildman–Crippen LogP) is 12.9. The highest BCUT2D eigenvalue weighted by Crippen LogP contribution is 2.38. The third-order valence-electron chi connectivity index (χ3n) is 14.5. The molecule has 0 aromatic heterocycles. The molecule has 10 heteroatoms. The number of rotatable bonds is 9. The van der Waals surface area contributed by atoms with Gasteiger partial charge in [0.2, 0.25) is 0 Å². The molecular weight excluding hydrogens is 799 g/mol. The number of hydrogen-bond acceptors (Lipinski definition) is 8. The van der Waals surface area contributed by atoms with E-state index >= 15 is 0 Å². The molecule has 6 fully saturated rings. The van der Waals surface area contributed by atoms with Crippen LogP contribution in [0.2, 0.25) is 0 Å². The van der Waals surface area contributed by atoms with E-state index in [1.807, 2.05) is 26.1 Å². The van der Waals surface area contributed by atoms with Gasteiger partial charge >= 0.3 is 0 Å². The maximum absolute atomic E-state index is 9.53. The van der Waals surface area contributed by atoms with Crippen LogP contribution in [0.15, 0.2) is 42.6 Å². The van der Waals surface area contributed by atoms with Crippen LogP contribution in [0.1, 0.15) is 203 Å². The number of aliphatic hydroxyl groups is 3. The molecule has 7 rings (SSSR count). The first-order chi connectivity index (χ1) is 30.7. The molecule has 0 aromatic carbocycles. The smallest absolute Gasteiger partial charge is 0.0842 e. The number of nitrogens with zero attached hydrogens (tertiary/aromatic N) is 3. The fourth-order valence-corrected chi connectivity index (χ4v) is 8.76. The van der Waals surface area contributed by atoms with Gasteiger partial charge in [-0.1, -0.05) is 77.4 Å². The number of ether oxygens (including phenoxy) is 2. The molecule has 64 heavy (non-hydrogen) atoms. The number of fused-ring (bicyclic) bond motifs is 2. The third kappa shape index (κ3) is 31.3. The first kappa shape index (κ1) is 60.3. The van der Waals surface area contributed by atoms with Gasteiger partial charge in [-0.15, -0.1) is 13.2 Å². The van der Waals surface area contributed by atoms with Crippen molar-refractivity contribution in [1.82, 2.24) is 5.32 Å². The van der Waals surface area contributed by atoms with E-state index in [9.17, 15) is 10.2 Å². The van der Waals surface area contributed by atoms with Crippen molar-refractivity contribution < 1.29 is 24.8 Å². The highest BCUT2D eigenvalue weighted by atomic mass is 16.6. The number of aliphatic hydroxyl groups excluding tert-OH is 3. The molecule has 13 atom stereocenters. The van der Waals surface area contributed by atoms with E-state index in [0.29, 0.717) is 30.3 Å². The molecule has 7 aliphatic rings. The van der Waals surface area contributed by atoms with Crippen molar-refractivity contribution >= 4 is 0 Å². The highest BCUT2D eigenvalue weighted by Gasteiger charge is 2.40. The van der Waals surface area contributed by atoms with E-state index in [4.69, 9.17) is 25.8 Å². The number of hydrogen-bond donors (Lipinski definition) is 5. The summed E-state index contributed by atoms with van der Waals surface area (Å²) in [5.74, 6) is 5.12. The van der Waals surface area contributed by atoms with E-state index in [-0.39, 0.29) is 30.8 Å². The lowest BCUT2D eigenvalue weighted by Crippen LogP contribution is -2.33. The second kappa shape index (κ2) is 37.3. The van der Waals surface area contributed by atoms with Crippen LogP contribution in [-0.2, 0) is 9.47 Å². The molecule has 2 heterocycles. The molecule has 0 aromatic rings. The summed E-state index contributed by atoms with van der Waals surface area (Å²) in [7, 11) is 1.82. The van der Waals surface area contributed by atoms with Crippen LogP contribution in [0.4, 0.5) is 0 Å². The topological polar surface area (TPSA) is 173 Å². The molecular formula is C54H103N5O5. The quantitative estimate of drug-likeness (QED) is 0.0382. The number of allylic oxidation sites excluding steroid dienone is 4. The highest BCUT2D eigenvalue weighted by molar-refractivity contribution is 4.89. The van der Waals surface area contributed by atoms with Crippen LogP contribution in [0.25, 0.3) is 10.4 Å². The molecule has 4 saturated carbocycles. The van der Waals surface area contributed by atoms with E-state index in [1.165, 1.54) is 96.3 Å². The molecule has 10 nitrogen and oxygen atoms in total. The Morgan fingerprint density at radius 2 is 1.02 bits per heavy atom. The fraction of sp³-hybridized carbons (Fsp3) is 0.889. The van der Waals surface area contributed by atoms with Gasteiger partial charge in [0.25, 0.3) is 0 Å². The average Bonchev–Trinajstić information content (AvgIpc) is 4.21. The normalized spacial score (nSPS) is 33.3. The second-order valence-corrected chi connectivity index (χ2v) is 21.0. The summed E-state index contributed by atoms with van der Waals surface area (Å²) in [6.07, 6.45) is 39.6. The standard InChI is InChI=1S/C10H18.C8H15N3O.C8H17NO.2C8H14O.C8H14.C4H11NO/c1-4-6-8-10(3)9-7-5-2;1-6-2-4-7(10-11-9)8(12)5-3-6;1-6-2-4-7(9)8(10)5-3-6;2*1-6-2-4-7-8(9-7)5-3-6;1-8-6-4-2-3-5-7-8;1-4(3-6)5-2/h4-5,10H,1-2,6-9H2,3H3;6-8,12H,2-5H2,1H3;6-8,10H,2-5,9H2,1H3;2*6-8H,2-5H2,1H3;2-3,8H,4-7H2,1H3;4-6H,3H2,1-2H3/t;2*6-,7+,8+;2*6?,7-,8+;;4-/m.11...1/s1. The van der Waals surface area contributed by atoms with Crippen LogP contribution in [-0.4, -0.2) is 83.7 Å². The molecule has 374 valence electrons. The van der Waals surface area contributed by atoms with Crippen LogP contribution in [0.5, 0.6) is 0 Å². The average molecular weight is 902 g/mol. The van der Waals surface area contributed by atoms with E-state index < -0.39 is 6.10 Å². The Morgan fingerprint density at radius 3 is 1.39 bits per heavy atom. The molecule has 6 N–H and O–H groups in total. The Labute approximate surface area is 394 Å². The lowest BCUT2D eigenvalue weighted by molar-refractivity contribution is 0.136. The maximum Gasteiger partial charge on any atom is 0.0842 e. The van der Waals surface area contributed by atoms with Crippen molar-refractivity contribution in [1.29, 1.82) is 0 Å². The molecule has 0 radical (unpaired) electrons. The van der Waals surface area contributed by atoms with Gasteiger partial charge in [0.1, 0.15) is 0 Å². The van der Waals surface area contributed by atoms with E-state index in [0.717, 1.165) is 87.4 Å². The van der Waals surface area contributed by atoms with Crippen LogP contribution in [0.3, 0.4) is 0 Å². The molecule has 2 aliphatic heterocycles. The minimum Gasteiger partial charge on any atom is -0.395 e. The summed E-state index contributed by atoms with van der Waals surface area (Å²) in [4.78, 5) is 2.74. The minimum atomic E-state index is -0.425. The Balaban J connectivity index is 0.000000376. The number of epoxide rings is 2. The lowest BCUT2D eigenvalue weighted by Gasteiger charge is -2.13. The molecule has 2 unspecified atom stereocenters.